The van der Waals surface area contributed by atoms with E-state index in [4.69, 9.17) is 4.74 Å². The van der Waals surface area contributed by atoms with E-state index < -0.39 is 18.6 Å². The van der Waals surface area contributed by atoms with Gasteiger partial charge in [-0.3, -0.25) is 10.1 Å². The van der Waals surface area contributed by atoms with E-state index in [1.165, 1.54) is 12.3 Å². The summed E-state index contributed by atoms with van der Waals surface area (Å²) in [5, 5.41) is 6.26. The minimum atomic E-state index is -2.77. The molecular formula is C22H30F2N4O3S. The molecule has 0 aliphatic carbocycles. The van der Waals surface area contributed by atoms with Crippen molar-refractivity contribution in [3.05, 3.63) is 33.4 Å². The molecule has 1 aromatic rings. The Morgan fingerprint density at radius 1 is 1.41 bits per heavy atom. The lowest BCUT2D eigenvalue weighted by Gasteiger charge is -2.30. The summed E-state index contributed by atoms with van der Waals surface area (Å²) < 4.78 is 33.2. The first-order valence-electron chi connectivity index (χ1n) is 10.7. The second kappa shape index (κ2) is 9.66. The quantitative estimate of drug-likeness (QED) is 0.618. The highest BCUT2D eigenvalue weighted by atomic mass is 32.1. The van der Waals surface area contributed by atoms with Crippen LogP contribution in [0, 0.1) is 0 Å². The first kappa shape index (κ1) is 24.3. The molecule has 2 aliphatic rings. The standard InChI is InChI=1S/C22H30F2N4O3S/c1-6-31-21(30)19-26-16(20(29)28-9-7-8-12(28)2)17(32-19)14-11-25-15(27-22(3,4)5)10-13(14)18(23)24/h10-12,15,18,25,27H,6-9H2,1-5H3. The van der Waals surface area contributed by atoms with Crippen LogP contribution in [0.25, 0.3) is 5.57 Å². The lowest BCUT2D eigenvalue weighted by Crippen LogP contribution is -2.49. The molecule has 2 N–H and O–H groups in total. The van der Waals surface area contributed by atoms with Crippen molar-refractivity contribution in [3.63, 3.8) is 0 Å². The number of nitrogens with zero attached hydrogens (tertiary/aromatic N) is 2. The number of esters is 1. The van der Waals surface area contributed by atoms with E-state index in [2.05, 4.69) is 15.6 Å². The zero-order chi connectivity index (χ0) is 23.6. The minimum absolute atomic E-state index is 0.00799. The summed E-state index contributed by atoms with van der Waals surface area (Å²) in [6, 6.07) is 0.0204. The van der Waals surface area contributed by atoms with Gasteiger partial charge < -0.3 is 15.0 Å². The van der Waals surface area contributed by atoms with Crippen LogP contribution in [0.2, 0.25) is 0 Å². The third-order valence-electron chi connectivity index (χ3n) is 5.23. The van der Waals surface area contributed by atoms with Crippen molar-refractivity contribution in [1.29, 1.82) is 0 Å². The molecule has 3 rings (SSSR count). The summed E-state index contributed by atoms with van der Waals surface area (Å²) >= 11 is 0.902. The van der Waals surface area contributed by atoms with Crippen molar-refractivity contribution in [2.45, 2.75) is 71.6 Å². The minimum Gasteiger partial charge on any atom is -0.461 e. The molecule has 2 atom stereocenters. The van der Waals surface area contributed by atoms with Gasteiger partial charge in [0.15, 0.2) is 0 Å². The van der Waals surface area contributed by atoms with Gasteiger partial charge in [0, 0.05) is 35.5 Å². The molecule has 3 heterocycles. The third-order valence-corrected chi connectivity index (χ3v) is 6.30. The maximum absolute atomic E-state index is 14.1. The highest BCUT2D eigenvalue weighted by Gasteiger charge is 2.35. The second-order valence-corrected chi connectivity index (χ2v) is 9.93. The van der Waals surface area contributed by atoms with Gasteiger partial charge >= 0.3 is 5.97 Å². The lowest BCUT2D eigenvalue weighted by molar-refractivity contribution is 0.0525. The predicted molar refractivity (Wildman–Crippen MR) is 120 cm³/mol. The summed E-state index contributed by atoms with van der Waals surface area (Å²) in [5.41, 5.74) is -0.349. The van der Waals surface area contributed by atoms with Gasteiger partial charge in [0.1, 0.15) is 5.69 Å². The van der Waals surface area contributed by atoms with E-state index >= 15 is 0 Å². The number of ether oxygens (including phenoxy) is 1. The summed E-state index contributed by atoms with van der Waals surface area (Å²) in [5.74, 6) is -1.03. The molecule has 0 saturated carbocycles. The number of allylic oxidation sites excluding steroid dienone is 2. The van der Waals surface area contributed by atoms with E-state index in [0.29, 0.717) is 6.54 Å². The Balaban J connectivity index is 2.03. The molecule has 1 saturated heterocycles. The van der Waals surface area contributed by atoms with Crippen molar-refractivity contribution in [1.82, 2.24) is 20.5 Å². The molecule has 2 aliphatic heterocycles. The number of hydrogen-bond donors (Lipinski definition) is 2. The highest BCUT2D eigenvalue weighted by Crippen LogP contribution is 2.37. The van der Waals surface area contributed by atoms with Crippen molar-refractivity contribution in [2.24, 2.45) is 0 Å². The number of carbonyl (C=O) groups is 2. The van der Waals surface area contributed by atoms with Crippen molar-refractivity contribution < 1.29 is 23.1 Å². The molecule has 0 aromatic carbocycles. The number of halogens is 2. The largest absolute Gasteiger partial charge is 0.461 e. The molecule has 0 spiro atoms. The Hall–Kier alpha value is -2.33. The number of hydrogen-bond acceptors (Lipinski definition) is 7. The monoisotopic (exact) mass is 468 g/mol. The third kappa shape index (κ3) is 5.35. The van der Waals surface area contributed by atoms with Crippen molar-refractivity contribution in [3.8, 4) is 0 Å². The number of likely N-dealkylation sites (tertiary alicyclic amines) is 1. The Morgan fingerprint density at radius 3 is 2.69 bits per heavy atom. The average Bonchev–Trinajstić information content (AvgIpc) is 3.33. The SMILES string of the molecule is CCOC(=O)c1nc(C(=O)N2CCCC2C)c(C2=CNC(NC(C)(C)C)C=C2C(F)F)s1. The lowest BCUT2D eigenvalue weighted by atomic mass is 9.99. The maximum atomic E-state index is 14.1. The van der Waals surface area contributed by atoms with Crippen LogP contribution in [0.3, 0.4) is 0 Å². The fourth-order valence-corrected chi connectivity index (χ4v) is 4.80. The number of alkyl halides is 2. The van der Waals surface area contributed by atoms with Crippen molar-refractivity contribution in [2.75, 3.05) is 13.2 Å². The van der Waals surface area contributed by atoms with Gasteiger partial charge in [-0.2, -0.15) is 0 Å². The number of carbonyl (C=O) groups excluding carboxylic acids is 2. The van der Waals surface area contributed by atoms with Crippen LogP contribution in [0.1, 0.15) is 72.6 Å². The van der Waals surface area contributed by atoms with Crippen LogP contribution in [-0.4, -0.2) is 59.1 Å². The topological polar surface area (TPSA) is 83.6 Å². The van der Waals surface area contributed by atoms with Gasteiger partial charge in [0.2, 0.25) is 5.01 Å². The zero-order valence-corrected chi connectivity index (χ0v) is 19.8. The van der Waals surface area contributed by atoms with Gasteiger partial charge in [0.05, 0.1) is 17.6 Å². The van der Waals surface area contributed by atoms with E-state index in [0.717, 1.165) is 24.2 Å². The second-order valence-electron chi connectivity index (χ2n) is 8.93. The average molecular weight is 469 g/mol. The molecule has 2 unspecified atom stereocenters. The molecule has 176 valence electrons. The summed E-state index contributed by atoms with van der Waals surface area (Å²) in [4.78, 5) is 31.8. The van der Waals surface area contributed by atoms with Crippen molar-refractivity contribution >= 4 is 28.8 Å². The van der Waals surface area contributed by atoms with Gasteiger partial charge in [-0.05, 0) is 53.5 Å². The van der Waals surface area contributed by atoms with Crippen LogP contribution in [0.15, 0.2) is 17.8 Å². The van der Waals surface area contributed by atoms with Gasteiger partial charge in [-0.15, -0.1) is 11.3 Å². The molecule has 1 fully saturated rings. The van der Waals surface area contributed by atoms with Crippen LogP contribution in [0.5, 0.6) is 0 Å². The smallest absolute Gasteiger partial charge is 0.367 e. The number of aromatic nitrogens is 1. The number of thiazole rings is 1. The summed E-state index contributed by atoms with van der Waals surface area (Å²) in [6.45, 7) is 10.1. The van der Waals surface area contributed by atoms with E-state index in [9.17, 15) is 18.4 Å². The van der Waals surface area contributed by atoms with Crippen LogP contribution in [-0.2, 0) is 4.74 Å². The van der Waals surface area contributed by atoms with Gasteiger partial charge in [0.25, 0.3) is 12.3 Å². The molecule has 0 radical (unpaired) electrons. The highest BCUT2D eigenvalue weighted by molar-refractivity contribution is 7.15. The first-order chi connectivity index (χ1) is 15.0. The normalized spacial score (nSPS) is 21.3. The number of rotatable bonds is 6. The molecule has 32 heavy (non-hydrogen) atoms. The Kier molecular flexibility index (Phi) is 7.34. The van der Waals surface area contributed by atoms with Gasteiger partial charge in [-0.25, -0.2) is 18.6 Å². The molecule has 10 heteroatoms. The molecular weight excluding hydrogens is 438 g/mol. The molecule has 1 amide bonds. The van der Waals surface area contributed by atoms with E-state index in [1.807, 2.05) is 27.7 Å². The Bertz CT molecular complexity index is 936. The number of amides is 1. The zero-order valence-electron chi connectivity index (χ0n) is 19.0. The van der Waals surface area contributed by atoms with Crippen LogP contribution in [0.4, 0.5) is 8.78 Å². The molecule has 0 bridgehead atoms. The number of dihydropyridines is 1. The Morgan fingerprint density at radius 2 is 2.12 bits per heavy atom. The van der Waals surface area contributed by atoms with Gasteiger partial charge in [-0.1, -0.05) is 0 Å². The van der Waals surface area contributed by atoms with E-state index in [1.54, 1.807) is 11.8 Å². The molecule has 7 nitrogen and oxygen atoms in total. The predicted octanol–water partition coefficient (Wildman–Crippen LogP) is 3.79. The summed E-state index contributed by atoms with van der Waals surface area (Å²) in [7, 11) is 0. The fourth-order valence-electron chi connectivity index (χ4n) is 3.81. The summed E-state index contributed by atoms with van der Waals surface area (Å²) in [6.07, 6.45) is 1.35. The number of nitrogens with one attached hydrogen (secondary N) is 2. The maximum Gasteiger partial charge on any atom is 0.367 e. The van der Waals surface area contributed by atoms with Crippen LogP contribution >= 0.6 is 11.3 Å². The van der Waals surface area contributed by atoms with E-state index in [-0.39, 0.29) is 50.8 Å². The van der Waals surface area contributed by atoms with Crippen LogP contribution < -0.4 is 10.6 Å². The Labute approximate surface area is 190 Å². The fraction of sp³-hybridized carbons (Fsp3) is 0.591. The first-order valence-corrected chi connectivity index (χ1v) is 11.6. The molecule has 1 aromatic heterocycles.